The van der Waals surface area contributed by atoms with Gasteiger partial charge in [-0.15, -0.1) is 23.4 Å². The molecule has 12 heteroatoms. The zero-order valence-electron chi connectivity index (χ0n) is 19.2. The highest BCUT2D eigenvalue weighted by Crippen LogP contribution is 2.41. The van der Waals surface area contributed by atoms with Gasteiger partial charge in [-0.2, -0.15) is 15.4 Å². The number of nitrogens with one attached hydrogen (secondary N) is 1. The first-order valence-corrected chi connectivity index (χ1v) is 11.1. The molecule has 1 unspecified atom stereocenters. The molecule has 1 aliphatic heterocycles. The van der Waals surface area contributed by atoms with Crippen LogP contribution in [0.15, 0.2) is 30.5 Å². The lowest BCUT2D eigenvalue weighted by Crippen LogP contribution is -2.51. The third kappa shape index (κ3) is 5.79. The predicted molar refractivity (Wildman–Crippen MR) is 119 cm³/mol. The Hall–Kier alpha value is -3.28. The van der Waals surface area contributed by atoms with Gasteiger partial charge in [-0.25, -0.2) is 0 Å². The second-order valence-electron chi connectivity index (χ2n) is 8.85. The molecule has 1 N–H and O–H groups in total. The van der Waals surface area contributed by atoms with E-state index >= 15 is 0 Å². The first-order valence-electron chi connectivity index (χ1n) is 11.1. The van der Waals surface area contributed by atoms with Gasteiger partial charge in [-0.3, -0.25) is 4.90 Å². The van der Waals surface area contributed by atoms with Gasteiger partial charge in [0.2, 0.25) is 5.82 Å². The Morgan fingerprint density at radius 1 is 1.21 bits per heavy atom. The van der Waals surface area contributed by atoms with E-state index in [1.54, 1.807) is 6.20 Å². The van der Waals surface area contributed by atoms with Crippen molar-refractivity contribution in [2.75, 3.05) is 24.5 Å². The number of nitrogens with zero attached hydrogens (tertiary/aromatic N) is 7. The number of halogens is 3. The number of benzene rings is 1. The van der Waals surface area contributed by atoms with Crippen LogP contribution < -0.4 is 9.64 Å². The molecule has 0 saturated carbocycles. The van der Waals surface area contributed by atoms with E-state index in [4.69, 9.17) is 0 Å². The molecule has 0 radical (unpaired) electrons. The van der Waals surface area contributed by atoms with Crippen LogP contribution in [-0.2, 0) is 13.0 Å². The summed E-state index contributed by atoms with van der Waals surface area (Å²) in [6.07, 6.45) is -2.61. The van der Waals surface area contributed by atoms with Crippen LogP contribution in [0, 0.1) is 5.92 Å². The molecule has 9 nitrogen and oxygen atoms in total. The first kappa shape index (κ1) is 23.9. The number of rotatable bonds is 7. The van der Waals surface area contributed by atoms with Crippen molar-refractivity contribution in [3.05, 3.63) is 41.7 Å². The molecular weight excluding hydrogens is 449 g/mol. The topological polar surface area (TPSA) is 96.0 Å². The van der Waals surface area contributed by atoms with Crippen LogP contribution in [0.2, 0.25) is 0 Å². The number of H-pyrrole nitrogens is 1. The Bertz CT molecular complexity index is 1080. The van der Waals surface area contributed by atoms with Crippen molar-refractivity contribution in [2.24, 2.45) is 5.92 Å². The fraction of sp³-hybridized carbons (Fsp3) is 0.500. The second kappa shape index (κ2) is 9.92. The number of aromatic nitrogens is 6. The van der Waals surface area contributed by atoms with Gasteiger partial charge in [-0.1, -0.05) is 13.8 Å². The number of alkyl halides is 3. The Morgan fingerprint density at radius 2 is 2.03 bits per heavy atom. The lowest BCUT2D eigenvalue weighted by Gasteiger charge is -2.41. The molecule has 2 aromatic heterocycles. The van der Waals surface area contributed by atoms with Gasteiger partial charge in [0, 0.05) is 38.4 Å². The van der Waals surface area contributed by atoms with Crippen molar-refractivity contribution in [1.82, 2.24) is 35.7 Å². The number of anilines is 1. The molecule has 3 heterocycles. The van der Waals surface area contributed by atoms with Crippen molar-refractivity contribution in [2.45, 2.75) is 46.1 Å². The van der Waals surface area contributed by atoms with Gasteiger partial charge < -0.3 is 9.64 Å². The van der Waals surface area contributed by atoms with Crippen LogP contribution in [0.3, 0.4) is 0 Å². The van der Waals surface area contributed by atoms with Crippen LogP contribution in [0.1, 0.15) is 32.0 Å². The molecule has 34 heavy (non-hydrogen) atoms. The average Bonchev–Trinajstić information content (AvgIpc) is 3.28. The zero-order chi connectivity index (χ0) is 24.3. The van der Waals surface area contributed by atoms with Crippen molar-refractivity contribution >= 4 is 5.69 Å². The SMILES string of the molecule is CC(C)Cc1cc(OC(F)(F)F)c(-c2nn[nH]n2)c(N2CCN(Cc3cccnn3)C(C)C2)c1. The zero-order valence-corrected chi connectivity index (χ0v) is 19.2. The maximum atomic E-state index is 13.3. The van der Waals surface area contributed by atoms with Gasteiger partial charge in [0.15, 0.2) is 0 Å². The molecule has 1 atom stereocenters. The normalized spacial score (nSPS) is 17.4. The molecule has 182 valence electrons. The van der Waals surface area contributed by atoms with E-state index in [2.05, 4.69) is 52.3 Å². The molecule has 0 spiro atoms. The number of hydrogen-bond acceptors (Lipinski definition) is 8. The third-order valence-corrected chi connectivity index (χ3v) is 5.68. The Kier molecular flexibility index (Phi) is 6.96. The third-order valence-electron chi connectivity index (χ3n) is 5.68. The van der Waals surface area contributed by atoms with Crippen molar-refractivity contribution in [1.29, 1.82) is 0 Å². The smallest absolute Gasteiger partial charge is 0.405 e. The van der Waals surface area contributed by atoms with Crippen molar-refractivity contribution in [3.8, 4) is 17.1 Å². The molecule has 1 aromatic carbocycles. The number of aromatic amines is 1. The summed E-state index contributed by atoms with van der Waals surface area (Å²) in [5, 5.41) is 21.9. The first-order chi connectivity index (χ1) is 16.2. The summed E-state index contributed by atoms with van der Waals surface area (Å²) in [5.41, 5.74) is 2.40. The van der Waals surface area contributed by atoms with E-state index in [0.717, 1.165) is 11.3 Å². The molecule has 0 amide bonds. The van der Waals surface area contributed by atoms with E-state index in [9.17, 15) is 13.2 Å². The van der Waals surface area contributed by atoms with Crippen molar-refractivity contribution < 1.29 is 17.9 Å². The lowest BCUT2D eigenvalue weighted by molar-refractivity contribution is -0.274. The molecule has 3 aromatic rings. The monoisotopic (exact) mass is 476 g/mol. The van der Waals surface area contributed by atoms with Crippen LogP contribution in [0.5, 0.6) is 5.75 Å². The number of ether oxygens (including phenoxy) is 1. The van der Waals surface area contributed by atoms with Gasteiger partial charge in [0.05, 0.1) is 16.9 Å². The molecule has 0 bridgehead atoms. The predicted octanol–water partition coefficient (Wildman–Crippen LogP) is 3.46. The summed E-state index contributed by atoms with van der Waals surface area (Å²) < 4.78 is 44.5. The summed E-state index contributed by atoms with van der Waals surface area (Å²) in [5.74, 6) is -0.0120. The maximum Gasteiger partial charge on any atom is 0.573 e. The molecule has 1 aliphatic rings. The summed E-state index contributed by atoms with van der Waals surface area (Å²) in [7, 11) is 0. The number of hydrogen-bond donors (Lipinski definition) is 1. The van der Waals surface area contributed by atoms with E-state index in [1.807, 2.05) is 32.0 Å². The highest BCUT2D eigenvalue weighted by molar-refractivity contribution is 5.81. The van der Waals surface area contributed by atoms with E-state index < -0.39 is 6.36 Å². The van der Waals surface area contributed by atoms with E-state index in [1.165, 1.54) is 6.07 Å². The second-order valence-corrected chi connectivity index (χ2v) is 8.85. The van der Waals surface area contributed by atoms with Gasteiger partial charge in [-0.05, 0) is 54.3 Å². The number of tetrazole rings is 1. The van der Waals surface area contributed by atoms with Crippen LogP contribution in [0.25, 0.3) is 11.4 Å². The molecule has 1 fully saturated rings. The minimum absolute atomic E-state index is 0.0555. The molecule has 4 rings (SSSR count). The lowest BCUT2D eigenvalue weighted by atomic mass is 9.98. The van der Waals surface area contributed by atoms with E-state index in [-0.39, 0.29) is 29.1 Å². The minimum atomic E-state index is -4.85. The molecular formula is C22H27F3N8O. The van der Waals surface area contributed by atoms with Gasteiger partial charge >= 0.3 is 6.36 Å². The maximum absolute atomic E-state index is 13.3. The fourth-order valence-electron chi connectivity index (χ4n) is 4.27. The summed E-state index contributed by atoms with van der Waals surface area (Å²) in [6.45, 7) is 8.67. The fourth-order valence-corrected chi connectivity index (χ4v) is 4.27. The minimum Gasteiger partial charge on any atom is -0.405 e. The van der Waals surface area contributed by atoms with Crippen molar-refractivity contribution in [3.63, 3.8) is 0 Å². The number of piperazine rings is 1. The average molecular weight is 477 g/mol. The van der Waals surface area contributed by atoms with Gasteiger partial charge in [0.25, 0.3) is 0 Å². The molecule has 1 saturated heterocycles. The Morgan fingerprint density at radius 3 is 2.65 bits per heavy atom. The molecule has 0 aliphatic carbocycles. The highest BCUT2D eigenvalue weighted by atomic mass is 19.4. The van der Waals surface area contributed by atoms with Crippen LogP contribution in [-0.4, -0.2) is 67.8 Å². The summed E-state index contributed by atoms with van der Waals surface area (Å²) in [4.78, 5) is 4.34. The largest absolute Gasteiger partial charge is 0.573 e. The quantitative estimate of drug-likeness (QED) is 0.554. The van der Waals surface area contributed by atoms with Gasteiger partial charge in [0.1, 0.15) is 5.75 Å². The highest BCUT2D eigenvalue weighted by Gasteiger charge is 2.35. The van der Waals surface area contributed by atoms with Crippen LogP contribution in [0.4, 0.5) is 18.9 Å². The summed E-state index contributed by atoms with van der Waals surface area (Å²) >= 11 is 0. The van der Waals surface area contributed by atoms with Crippen LogP contribution >= 0.6 is 0 Å². The Labute approximate surface area is 195 Å². The summed E-state index contributed by atoms with van der Waals surface area (Å²) in [6, 6.07) is 7.24. The van der Waals surface area contributed by atoms with E-state index in [0.29, 0.717) is 38.3 Å². The standard InChI is InChI=1S/C22H27F3N8O/c1-14(2)9-16-10-18(20(21-28-30-31-29-21)19(11-16)34-22(23,24)25)33-8-7-32(15(3)12-33)13-17-5-4-6-26-27-17/h4-6,10-11,14-15H,7-9,12-13H2,1-3H3,(H,28,29,30,31). The Balaban J connectivity index is 1.69.